The largest absolute Gasteiger partial charge is 0.298 e. The van der Waals surface area contributed by atoms with Crippen molar-refractivity contribution < 1.29 is 9.18 Å². The molecule has 0 fully saturated rings. The minimum atomic E-state index is -0.790. The van der Waals surface area contributed by atoms with Crippen molar-refractivity contribution in [3.8, 4) is 0 Å². The molecule has 0 N–H and O–H groups in total. The number of halogens is 2. The van der Waals surface area contributed by atoms with Crippen molar-refractivity contribution in [2.24, 2.45) is 0 Å². The number of carbonyl (C=O) groups excluding carboxylic acids is 1. The summed E-state index contributed by atoms with van der Waals surface area (Å²) in [5, 5.41) is -0.790. The van der Waals surface area contributed by atoms with Crippen LogP contribution in [0.15, 0.2) is 23.1 Å². The van der Waals surface area contributed by atoms with Crippen LogP contribution < -0.4 is 0 Å². The number of alkyl halides is 1. The highest BCUT2D eigenvalue weighted by Gasteiger charge is 2.13. The standard InChI is InChI=1S/C9H8ClFOS/c1-5(12)9(10)6-2-7(11)4-8(13)3-6/h2-4,9,13H,1H3. The van der Waals surface area contributed by atoms with Gasteiger partial charge in [0.15, 0.2) is 5.78 Å². The van der Waals surface area contributed by atoms with Crippen molar-refractivity contribution in [1.82, 2.24) is 0 Å². The van der Waals surface area contributed by atoms with E-state index in [0.29, 0.717) is 10.5 Å². The van der Waals surface area contributed by atoms with Gasteiger partial charge >= 0.3 is 0 Å². The van der Waals surface area contributed by atoms with Crippen molar-refractivity contribution in [2.45, 2.75) is 17.2 Å². The molecule has 1 aromatic carbocycles. The molecule has 0 aliphatic carbocycles. The molecule has 13 heavy (non-hydrogen) atoms. The predicted molar refractivity (Wildman–Crippen MR) is 52.9 cm³/mol. The lowest BCUT2D eigenvalue weighted by Gasteiger charge is -2.06. The Balaban J connectivity index is 3.07. The van der Waals surface area contributed by atoms with Crippen LogP contribution in [0.1, 0.15) is 17.9 Å². The van der Waals surface area contributed by atoms with E-state index in [9.17, 15) is 9.18 Å². The van der Waals surface area contributed by atoms with Gasteiger partial charge in [0.05, 0.1) is 0 Å². The summed E-state index contributed by atoms with van der Waals surface area (Å²) in [4.78, 5) is 11.3. The third-order valence-corrected chi connectivity index (χ3v) is 2.37. The molecule has 0 aliphatic rings. The molecule has 1 nitrogen and oxygen atoms in total. The van der Waals surface area contributed by atoms with Gasteiger partial charge in [-0.25, -0.2) is 4.39 Å². The van der Waals surface area contributed by atoms with E-state index in [1.165, 1.54) is 19.1 Å². The van der Waals surface area contributed by atoms with Gasteiger partial charge in [0.25, 0.3) is 0 Å². The van der Waals surface area contributed by atoms with E-state index in [4.69, 9.17) is 11.6 Å². The Kier molecular flexibility index (Phi) is 3.33. The summed E-state index contributed by atoms with van der Waals surface area (Å²) in [6, 6.07) is 4.07. The van der Waals surface area contributed by atoms with Crippen LogP contribution in [0.3, 0.4) is 0 Å². The Hall–Kier alpha value is -0.540. The fourth-order valence-electron chi connectivity index (χ4n) is 0.977. The monoisotopic (exact) mass is 218 g/mol. The second-order valence-corrected chi connectivity index (χ2v) is 3.67. The smallest absolute Gasteiger partial charge is 0.152 e. The summed E-state index contributed by atoms with van der Waals surface area (Å²) >= 11 is 9.71. The summed E-state index contributed by atoms with van der Waals surface area (Å²) in [5.41, 5.74) is 0.444. The molecule has 0 saturated carbocycles. The highest BCUT2D eigenvalue weighted by atomic mass is 35.5. The zero-order valence-corrected chi connectivity index (χ0v) is 8.57. The summed E-state index contributed by atoms with van der Waals surface area (Å²) in [7, 11) is 0. The number of ketones is 1. The van der Waals surface area contributed by atoms with Gasteiger partial charge in [0.2, 0.25) is 0 Å². The Bertz CT molecular complexity index is 320. The minimum Gasteiger partial charge on any atom is -0.298 e. The highest BCUT2D eigenvalue weighted by molar-refractivity contribution is 7.80. The second kappa shape index (κ2) is 4.11. The Morgan fingerprint density at radius 2 is 2.15 bits per heavy atom. The summed E-state index contributed by atoms with van der Waals surface area (Å²) in [6.45, 7) is 1.36. The molecule has 1 aromatic rings. The maximum atomic E-state index is 12.8. The molecule has 70 valence electrons. The first-order valence-electron chi connectivity index (χ1n) is 3.64. The molecule has 0 amide bonds. The number of carbonyl (C=O) groups is 1. The predicted octanol–water partition coefficient (Wildman–Crippen LogP) is 2.98. The molecule has 1 unspecified atom stereocenters. The zero-order valence-electron chi connectivity index (χ0n) is 6.92. The molecule has 0 spiro atoms. The van der Waals surface area contributed by atoms with Gasteiger partial charge in [-0.1, -0.05) is 0 Å². The van der Waals surface area contributed by atoms with E-state index in [2.05, 4.69) is 12.6 Å². The fourth-order valence-corrected chi connectivity index (χ4v) is 1.38. The molecule has 0 radical (unpaired) electrons. The minimum absolute atomic E-state index is 0.208. The number of hydrogen-bond acceptors (Lipinski definition) is 2. The van der Waals surface area contributed by atoms with Crippen LogP contribution in [-0.4, -0.2) is 5.78 Å². The molecule has 0 saturated heterocycles. The molecular formula is C9H8ClFOS. The van der Waals surface area contributed by atoms with E-state index in [1.807, 2.05) is 0 Å². The topological polar surface area (TPSA) is 17.1 Å². The van der Waals surface area contributed by atoms with E-state index in [0.717, 1.165) is 0 Å². The fraction of sp³-hybridized carbons (Fsp3) is 0.222. The first kappa shape index (κ1) is 10.5. The zero-order chi connectivity index (χ0) is 10.0. The van der Waals surface area contributed by atoms with Crippen LogP contribution >= 0.6 is 24.2 Å². The van der Waals surface area contributed by atoms with Crippen molar-refractivity contribution in [2.75, 3.05) is 0 Å². The summed E-state index contributed by atoms with van der Waals surface area (Å²) in [6.07, 6.45) is 0. The van der Waals surface area contributed by atoms with Crippen molar-refractivity contribution in [1.29, 1.82) is 0 Å². The third-order valence-electron chi connectivity index (χ3n) is 1.55. The molecule has 0 heterocycles. The van der Waals surface area contributed by atoms with Gasteiger partial charge in [-0.05, 0) is 30.7 Å². The maximum Gasteiger partial charge on any atom is 0.152 e. The highest BCUT2D eigenvalue weighted by Crippen LogP contribution is 2.24. The summed E-state index contributed by atoms with van der Waals surface area (Å²) in [5.74, 6) is -0.644. The number of rotatable bonds is 2. The normalized spacial score (nSPS) is 12.6. The number of thiol groups is 1. The lowest BCUT2D eigenvalue weighted by molar-refractivity contribution is -0.116. The molecule has 1 rings (SSSR count). The van der Waals surface area contributed by atoms with E-state index >= 15 is 0 Å². The average molecular weight is 219 g/mol. The molecule has 0 aliphatic heterocycles. The lowest BCUT2D eigenvalue weighted by atomic mass is 10.1. The van der Waals surface area contributed by atoms with Crippen LogP contribution in [0, 0.1) is 5.82 Å². The number of benzene rings is 1. The molecule has 0 aromatic heterocycles. The Labute approximate surface area is 86.3 Å². The van der Waals surface area contributed by atoms with Gasteiger partial charge in [0, 0.05) is 4.90 Å². The van der Waals surface area contributed by atoms with Gasteiger partial charge in [-0.3, -0.25) is 4.79 Å². The van der Waals surface area contributed by atoms with Gasteiger partial charge in [-0.15, -0.1) is 24.2 Å². The summed E-state index contributed by atoms with van der Waals surface area (Å²) < 4.78 is 12.8. The van der Waals surface area contributed by atoms with E-state index in [-0.39, 0.29) is 5.78 Å². The molecular weight excluding hydrogens is 211 g/mol. The first-order chi connectivity index (χ1) is 6.00. The average Bonchev–Trinajstić information content (AvgIpc) is 2.01. The van der Waals surface area contributed by atoms with Crippen LogP contribution in [0.4, 0.5) is 4.39 Å². The second-order valence-electron chi connectivity index (χ2n) is 2.72. The van der Waals surface area contributed by atoms with Crippen LogP contribution in [0.25, 0.3) is 0 Å². The van der Waals surface area contributed by atoms with Crippen molar-refractivity contribution >= 4 is 30.0 Å². The van der Waals surface area contributed by atoms with Crippen molar-refractivity contribution in [3.63, 3.8) is 0 Å². The van der Waals surface area contributed by atoms with Gasteiger partial charge in [-0.2, -0.15) is 0 Å². The molecule has 0 bridgehead atoms. The number of Topliss-reactive ketones (excluding diaryl/α,β-unsaturated/α-hetero) is 1. The third kappa shape index (κ3) is 2.71. The quantitative estimate of drug-likeness (QED) is 0.597. The van der Waals surface area contributed by atoms with Crippen LogP contribution in [0.5, 0.6) is 0 Å². The maximum absolute atomic E-state index is 12.8. The van der Waals surface area contributed by atoms with E-state index < -0.39 is 11.2 Å². The van der Waals surface area contributed by atoms with Crippen LogP contribution in [0.2, 0.25) is 0 Å². The first-order valence-corrected chi connectivity index (χ1v) is 4.53. The molecule has 4 heteroatoms. The SMILES string of the molecule is CC(=O)C(Cl)c1cc(F)cc(S)c1. The molecule has 1 atom stereocenters. The van der Waals surface area contributed by atoms with Gasteiger partial charge < -0.3 is 0 Å². The van der Waals surface area contributed by atoms with Gasteiger partial charge in [0.1, 0.15) is 11.2 Å². The lowest BCUT2D eigenvalue weighted by Crippen LogP contribution is -2.01. The van der Waals surface area contributed by atoms with Crippen LogP contribution in [-0.2, 0) is 4.79 Å². The van der Waals surface area contributed by atoms with E-state index in [1.54, 1.807) is 6.07 Å². The number of hydrogen-bond donors (Lipinski definition) is 1. The Morgan fingerprint density at radius 3 is 2.62 bits per heavy atom. The Morgan fingerprint density at radius 1 is 1.54 bits per heavy atom. The van der Waals surface area contributed by atoms with Crippen molar-refractivity contribution in [3.05, 3.63) is 29.6 Å².